The van der Waals surface area contributed by atoms with Gasteiger partial charge < -0.3 is 20.7 Å². The molecule has 4 aliphatic rings. The minimum Gasteiger partial charge on any atom is -0.492 e. The third kappa shape index (κ3) is 3.75. The molecule has 188 valence electrons. The van der Waals surface area contributed by atoms with E-state index in [2.05, 4.69) is 16.0 Å². The molecule has 3 N–H and O–H groups in total. The lowest BCUT2D eigenvalue weighted by atomic mass is 9.82. The Bertz CT molecular complexity index is 1270. The molecular formula is C26H28N4O5S. The maximum atomic E-state index is 13.7. The van der Waals surface area contributed by atoms with E-state index in [4.69, 9.17) is 4.74 Å². The van der Waals surface area contributed by atoms with Gasteiger partial charge in [-0.3, -0.25) is 14.5 Å². The number of aryl methyl sites for hydroxylation is 1. The highest BCUT2D eigenvalue weighted by Gasteiger charge is 2.56. The second kappa shape index (κ2) is 8.62. The van der Waals surface area contributed by atoms with Gasteiger partial charge in [-0.25, -0.2) is 9.59 Å². The number of Topliss-reactive ketones (excluding diaryl/α,β-unsaturated/α-hetero) is 1. The van der Waals surface area contributed by atoms with E-state index in [0.29, 0.717) is 37.5 Å². The number of urea groups is 2. The van der Waals surface area contributed by atoms with Crippen molar-refractivity contribution in [3.05, 3.63) is 45.6 Å². The molecule has 3 heterocycles. The molecule has 2 fully saturated rings. The molecule has 1 aromatic carbocycles. The largest absolute Gasteiger partial charge is 0.492 e. The van der Waals surface area contributed by atoms with Gasteiger partial charge in [-0.15, -0.1) is 11.3 Å². The number of benzene rings is 1. The molecule has 1 saturated heterocycles. The summed E-state index contributed by atoms with van der Waals surface area (Å²) in [6, 6.07) is 6.42. The maximum Gasteiger partial charge on any atom is 0.325 e. The third-order valence-electron chi connectivity index (χ3n) is 8.01. The highest BCUT2D eigenvalue weighted by atomic mass is 32.1. The number of hydrogen-bond acceptors (Lipinski definition) is 6. The summed E-state index contributed by atoms with van der Waals surface area (Å²) in [6.45, 7) is 0.265. The zero-order chi connectivity index (χ0) is 25.0. The highest BCUT2D eigenvalue weighted by molar-refractivity contribution is 7.10. The molecule has 6 rings (SSSR count). The molecule has 1 spiro atoms. The Labute approximate surface area is 212 Å². The number of imide groups is 1. The van der Waals surface area contributed by atoms with E-state index in [1.807, 2.05) is 17.5 Å². The van der Waals surface area contributed by atoms with Gasteiger partial charge in [-0.2, -0.15) is 0 Å². The number of fused-ring (bicyclic) bond motifs is 3. The molecule has 0 bridgehead atoms. The quantitative estimate of drug-likeness (QED) is 0.537. The number of hydrogen-bond donors (Lipinski definition) is 3. The van der Waals surface area contributed by atoms with Gasteiger partial charge in [0, 0.05) is 29.4 Å². The Kier molecular flexibility index (Phi) is 5.51. The van der Waals surface area contributed by atoms with E-state index in [0.717, 1.165) is 39.5 Å². The second-order valence-corrected chi connectivity index (χ2v) is 11.1. The molecule has 2 aliphatic carbocycles. The number of ketones is 1. The van der Waals surface area contributed by atoms with Gasteiger partial charge in [0.15, 0.2) is 5.78 Å². The maximum absolute atomic E-state index is 13.7. The first-order chi connectivity index (χ1) is 17.4. The molecule has 1 saturated carbocycles. The number of thiophene rings is 1. The van der Waals surface area contributed by atoms with Gasteiger partial charge in [0.05, 0.1) is 13.2 Å². The van der Waals surface area contributed by atoms with Crippen LogP contribution >= 0.6 is 11.3 Å². The van der Waals surface area contributed by atoms with Gasteiger partial charge in [0.25, 0.3) is 5.91 Å². The van der Waals surface area contributed by atoms with Crippen LogP contribution in [0, 0.1) is 17.8 Å². The summed E-state index contributed by atoms with van der Waals surface area (Å²) in [5.74, 6) is 0.676. The lowest BCUT2D eigenvalue weighted by molar-refractivity contribution is -0.136. The van der Waals surface area contributed by atoms with E-state index in [1.165, 1.54) is 7.05 Å². The number of nitrogens with one attached hydrogen (secondary N) is 3. The smallest absolute Gasteiger partial charge is 0.325 e. The molecule has 2 aliphatic heterocycles. The van der Waals surface area contributed by atoms with Crippen LogP contribution in [0.15, 0.2) is 29.6 Å². The molecule has 3 atom stereocenters. The Balaban J connectivity index is 1.22. The van der Waals surface area contributed by atoms with Crippen molar-refractivity contribution >= 4 is 40.8 Å². The molecule has 36 heavy (non-hydrogen) atoms. The number of anilines is 1. The molecule has 1 aromatic heterocycles. The summed E-state index contributed by atoms with van der Waals surface area (Å²) in [5.41, 5.74) is 1.07. The van der Waals surface area contributed by atoms with Gasteiger partial charge in [-0.05, 0) is 72.7 Å². The number of rotatable bonds is 5. The Morgan fingerprint density at radius 3 is 2.86 bits per heavy atom. The van der Waals surface area contributed by atoms with Gasteiger partial charge in [0.1, 0.15) is 11.3 Å². The predicted octanol–water partition coefficient (Wildman–Crippen LogP) is 3.04. The van der Waals surface area contributed by atoms with Crippen LogP contribution in [0.2, 0.25) is 0 Å². The van der Waals surface area contributed by atoms with Crippen molar-refractivity contribution in [2.45, 2.75) is 37.6 Å². The first-order valence-electron chi connectivity index (χ1n) is 12.4. The van der Waals surface area contributed by atoms with Crippen LogP contribution in [-0.4, -0.2) is 48.9 Å². The van der Waals surface area contributed by atoms with Crippen molar-refractivity contribution in [2.75, 3.05) is 25.5 Å². The zero-order valence-corrected chi connectivity index (χ0v) is 20.8. The molecule has 9 nitrogen and oxygen atoms in total. The third-order valence-corrected chi connectivity index (χ3v) is 8.93. The SMILES string of the molecule is CNC(=O)Nc1ccc2c(c1)CCC21NC(=O)N(CC(=O)C2Cc3sccc3OC[C@H]2C2CC2)C1=O. The summed E-state index contributed by atoms with van der Waals surface area (Å²) in [7, 11) is 1.54. The van der Waals surface area contributed by atoms with Crippen molar-refractivity contribution < 1.29 is 23.9 Å². The minimum absolute atomic E-state index is 0.0827. The van der Waals surface area contributed by atoms with Crippen molar-refractivity contribution in [2.24, 2.45) is 17.8 Å². The fraction of sp³-hybridized carbons (Fsp3) is 0.462. The number of amides is 5. The van der Waals surface area contributed by atoms with Crippen molar-refractivity contribution in [3.8, 4) is 5.75 Å². The van der Waals surface area contributed by atoms with Crippen LogP contribution in [0.1, 0.15) is 35.3 Å². The van der Waals surface area contributed by atoms with Crippen molar-refractivity contribution in [1.29, 1.82) is 0 Å². The second-order valence-electron chi connectivity index (χ2n) is 10.1. The van der Waals surface area contributed by atoms with Crippen molar-refractivity contribution in [3.63, 3.8) is 0 Å². The van der Waals surface area contributed by atoms with E-state index in [1.54, 1.807) is 23.5 Å². The van der Waals surface area contributed by atoms with Crippen LogP contribution in [0.5, 0.6) is 5.75 Å². The average Bonchev–Trinajstić information content (AvgIpc) is 3.50. The average molecular weight is 509 g/mol. The molecule has 2 aromatic rings. The van der Waals surface area contributed by atoms with E-state index < -0.39 is 11.6 Å². The van der Waals surface area contributed by atoms with E-state index in [9.17, 15) is 19.2 Å². The van der Waals surface area contributed by atoms with E-state index in [-0.39, 0.29) is 36.1 Å². The number of ether oxygens (including phenoxy) is 1. The summed E-state index contributed by atoms with van der Waals surface area (Å²) in [5, 5.41) is 10.1. The Morgan fingerprint density at radius 2 is 2.08 bits per heavy atom. The van der Waals surface area contributed by atoms with Gasteiger partial charge in [-0.1, -0.05) is 6.07 Å². The number of nitrogens with zero attached hydrogens (tertiary/aromatic N) is 1. The summed E-state index contributed by atoms with van der Waals surface area (Å²) < 4.78 is 6.02. The van der Waals surface area contributed by atoms with Crippen LogP contribution in [0.4, 0.5) is 15.3 Å². The summed E-state index contributed by atoms with van der Waals surface area (Å²) >= 11 is 1.58. The zero-order valence-electron chi connectivity index (χ0n) is 20.0. The summed E-state index contributed by atoms with van der Waals surface area (Å²) in [4.78, 5) is 54.1. The normalized spacial score (nSPS) is 26.6. The Hall–Kier alpha value is -3.40. The lowest BCUT2D eigenvalue weighted by Crippen LogP contribution is -2.43. The minimum atomic E-state index is -1.17. The molecule has 0 radical (unpaired) electrons. The monoisotopic (exact) mass is 508 g/mol. The van der Waals surface area contributed by atoms with Crippen molar-refractivity contribution in [1.82, 2.24) is 15.5 Å². The topological polar surface area (TPSA) is 117 Å². The molecule has 5 amide bonds. The van der Waals surface area contributed by atoms with Crippen LogP contribution in [0.3, 0.4) is 0 Å². The Morgan fingerprint density at radius 1 is 1.25 bits per heavy atom. The molecule has 10 heteroatoms. The van der Waals surface area contributed by atoms with Crippen LogP contribution in [-0.2, 0) is 28.0 Å². The fourth-order valence-electron chi connectivity index (χ4n) is 5.94. The predicted molar refractivity (Wildman–Crippen MR) is 133 cm³/mol. The lowest BCUT2D eigenvalue weighted by Gasteiger charge is -2.25. The highest BCUT2D eigenvalue weighted by Crippen LogP contribution is 2.46. The summed E-state index contributed by atoms with van der Waals surface area (Å²) in [6.07, 6.45) is 3.76. The fourth-order valence-corrected chi connectivity index (χ4v) is 6.82. The first kappa shape index (κ1) is 23.0. The molecule has 2 unspecified atom stereocenters. The number of carbonyl (C=O) groups excluding carboxylic acids is 4. The van der Waals surface area contributed by atoms with Crippen LogP contribution < -0.4 is 20.7 Å². The van der Waals surface area contributed by atoms with Gasteiger partial charge >= 0.3 is 12.1 Å². The van der Waals surface area contributed by atoms with Gasteiger partial charge in [0.2, 0.25) is 0 Å². The number of carbonyl (C=O) groups is 4. The molecular weight excluding hydrogens is 480 g/mol. The van der Waals surface area contributed by atoms with E-state index >= 15 is 0 Å². The standard InChI is InChI=1S/C26H28N4O5S/c1-27-24(33)28-16-4-5-19-15(10-16)6-8-26(19)23(32)30(25(34)29-26)12-20(31)17-11-22-21(7-9-36-22)35-13-18(17)14-2-3-14/h4-5,7,9-10,14,17-18H,2-3,6,8,11-13H2,1H3,(H,29,34)(H2,27,28,33)/t17?,18-,26?/m0/s1. The van der Waals surface area contributed by atoms with Crippen LogP contribution in [0.25, 0.3) is 0 Å². The first-order valence-corrected chi connectivity index (χ1v) is 13.3.